The molecule has 144 valence electrons. The van der Waals surface area contributed by atoms with E-state index < -0.39 is 16.8 Å². The summed E-state index contributed by atoms with van der Waals surface area (Å²) in [6, 6.07) is 6.24. The molecule has 3 rings (SSSR count). The number of nitro benzene ring substituents is 1. The summed E-state index contributed by atoms with van der Waals surface area (Å²) in [4.78, 5) is 35.8. The van der Waals surface area contributed by atoms with Gasteiger partial charge in [0.25, 0.3) is 5.69 Å². The first kappa shape index (κ1) is 19.1. The minimum Gasteiger partial charge on any atom is -0.462 e. The standard InChI is InChI=1S/C20H24N2O5/c1-13-19(20(24)27-12-14-7-3-2-4-8-14)16(11-18(23)21-13)15-9-5-6-10-17(15)22(25)26/h5-6,9-10,14,16H,2-4,7-8,11-12H2,1H3,(H,21,23)/t16-/m1/s1. The van der Waals surface area contributed by atoms with Crippen molar-refractivity contribution in [2.24, 2.45) is 5.92 Å². The van der Waals surface area contributed by atoms with Gasteiger partial charge < -0.3 is 10.1 Å². The van der Waals surface area contributed by atoms with Crippen LogP contribution in [-0.2, 0) is 14.3 Å². The van der Waals surface area contributed by atoms with E-state index in [2.05, 4.69) is 5.32 Å². The summed E-state index contributed by atoms with van der Waals surface area (Å²) >= 11 is 0. The molecule has 0 saturated heterocycles. The van der Waals surface area contributed by atoms with Gasteiger partial charge in [0.05, 0.1) is 17.1 Å². The third-order valence-electron chi connectivity index (χ3n) is 5.37. The molecular weight excluding hydrogens is 348 g/mol. The van der Waals surface area contributed by atoms with Gasteiger partial charge in [0, 0.05) is 29.7 Å². The van der Waals surface area contributed by atoms with Crippen LogP contribution in [0.1, 0.15) is 56.9 Å². The number of allylic oxidation sites excluding steroid dienone is 1. The van der Waals surface area contributed by atoms with Crippen LogP contribution in [0.3, 0.4) is 0 Å². The zero-order valence-electron chi connectivity index (χ0n) is 15.4. The molecular formula is C20H24N2O5. The monoisotopic (exact) mass is 372 g/mol. The first-order valence-corrected chi connectivity index (χ1v) is 9.38. The molecule has 0 radical (unpaired) electrons. The fourth-order valence-electron chi connectivity index (χ4n) is 4.01. The van der Waals surface area contributed by atoms with Crippen molar-refractivity contribution < 1.29 is 19.2 Å². The number of benzene rings is 1. The van der Waals surface area contributed by atoms with Gasteiger partial charge in [-0.3, -0.25) is 14.9 Å². The largest absolute Gasteiger partial charge is 0.462 e. The quantitative estimate of drug-likeness (QED) is 0.484. The van der Waals surface area contributed by atoms with Crippen LogP contribution in [0.5, 0.6) is 0 Å². The number of nitrogens with zero attached hydrogens (tertiary/aromatic N) is 1. The van der Waals surface area contributed by atoms with Crippen LogP contribution in [0.4, 0.5) is 5.69 Å². The molecule has 1 aromatic rings. The molecule has 0 aromatic heterocycles. The Balaban J connectivity index is 1.86. The Labute approximate surface area is 157 Å². The van der Waals surface area contributed by atoms with Gasteiger partial charge in [-0.05, 0) is 25.7 Å². The maximum atomic E-state index is 12.8. The van der Waals surface area contributed by atoms with E-state index >= 15 is 0 Å². The van der Waals surface area contributed by atoms with E-state index in [0.717, 1.165) is 25.7 Å². The van der Waals surface area contributed by atoms with Gasteiger partial charge in [0.15, 0.2) is 0 Å². The highest BCUT2D eigenvalue weighted by molar-refractivity contribution is 5.96. The SMILES string of the molecule is CC1=C(C(=O)OCC2CCCCC2)[C@@H](c2ccccc2[N+](=O)[O-])CC(=O)N1. The van der Waals surface area contributed by atoms with Gasteiger partial charge in [-0.15, -0.1) is 0 Å². The molecule has 1 saturated carbocycles. The van der Waals surface area contributed by atoms with Crippen molar-refractivity contribution >= 4 is 17.6 Å². The van der Waals surface area contributed by atoms with E-state index in [1.54, 1.807) is 25.1 Å². The number of rotatable bonds is 5. The molecule has 7 nitrogen and oxygen atoms in total. The second kappa shape index (κ2) is 8.33. The van der Waals surface area contributed by atoms with E-state index in [1.165, 1.54) is 12.5 Å². The molecule has 1 aromatic carbocycles. The minimum absolute atomic E-state index is 0.0178. The van der Waals surface area contributed by atoms with Crippen molar-refractivity contribution in [3.05, 3.63) is 51.2 Å². The zero-order chi connectivity index (χ0) is 19.4. The number of ether oxygens (including phenoxy) is 1. The Morgan fingerprint density at radius 1 is 1.26 bits per heavy atom. The number of nitrogens with one attached hydrogen (secondary N) is 1. The second-order valence-corrected chi connectivity index (χ2v) is 7.26. The Morgan fingerprint density at radius 2 is 1.96 bits per heavy atom. The fourth-order valence-corrected chi connectivity index (χ4v) is 4.01. The van der Waals surface area contributed by atoms with Crippen molar-refractivity contribution in [3.8, 4) is 0 Å². The topological polar surface area (TPSA) is 98.5 Å². The Bertz CT molecular complexity index is 780. The highest BCUT2D eigenvalue weighted by Crippen LogP contribution is 2.38. The van der Waals surface area contributed by atoms with Gasteiger partial charge >= 0.3 is 5.97 Å². The van der Waals surface area contributed by atoms with Gasteiger partial charge in [-0.25, -0.2) is 4.79 Å². The van der Waals surface area contributed by atoms with E-state index in [-0.39, 0.29) is 18.0 Å². The molecule has 2 aliphatic rings. The van der Waals surface area contributed by atoms with Crippen LogP contribution < -0.4 is 5.32 Å². The lowest BCUT2D eigenvalue weighted by molar-refractivity contribution is -0.385. The number of amides is 1. The molecule has 1 N–H and O–H groups in total. The predicted molar refractivity (Wildman–Crippen MR) is 98.8 cm³/mol. The highest BCUT2D eigenvalue weighted by Gasteiger charge is 2.36. The lowest BCUT2D eigenvalue weighted by Crippen LogP contribution is -2.34. The summed E-state index contributed by atoms with van der Waals surface area (Å²) < 4.78 is 5.56. The van der Waals surface area contributed by atoms with E-state index in [9.17, 15) is 19.7 Å². The van der Waals surface area contributed by atoms with Gasteiger partial charge in [-0.2, -0.15) is 0 Å². The molecule has 1 aliphatic carbocycles. The molecule has 0 unspecified atom stereocenters. The number of carbonyl (C=O) groups excluding carboxylic acids is 2. The summed E-state index contributed by atoms with van der Waals surface area (Å²) in [6.07, 6.45) is 5.61. The van der Waals surface area contributed by atoms with Crippen LogP contribution in [0.2, 0.25) is 0 Å². The molecule has 1 aliphatic heterocycles. The Kier molecular flexibility index (Phi) is 5.88. The number of hydrogen-bond donors (Lipinski definition) is 1. The average molecular weight is 372 g/mol. The normalized spacial score (nSPS) is 20.9. The lowest BCUT2D eigenvalue weighted by Gasteiger charge is -2.27. The van der Waals surface area contributed by atoms with Crippen molar-refractivity contribution in [2.45, 2.75) is 51.4 Å². The van der Waals surface area contributed by atoms with E-state index in [4.69, 9.17) is 4.74 Å². The number of esters is 1. The number of carbonyl (C=O) groups is 2. The fraction of sp³-hybridized carbons (Fsp3) is 0.500. The highest BCUT2D eigenvalue weighted by atomic mass is 16.6. The number of nitro groups is 1. The summed E-state index contributed by atoms with van der Waals surface area (Å²) in [5.41, 5.74) is 0.978. The maximum absolute atomic E-state index is 12.8. The molecule has 0 bridgehead atoms. The van der Waals surface area contributed by atoms with Crippen LogP contribution in [-0.4, -0.2) is 23.4 Å². The van der Waals surface area contributed by atoms with E-state index in [1.807, 2.05) is 0 Å². The summed E-state index contributed by atoms with van der Waals surface area (Å²) in [7, 11) is 0. The first-order valence-electron chi connectivity index (χ1n) is 9.38. The molecule has 7 heteroatoms. The Morgan fingerprint density at radius 3 is 2.67 bits per heavy atom. The van der Waals surface area contributed by atoms with Crippen LogP contribution in [0.15, 0.2) is 35.5 Å². The Hall–Kier alpha value is -2.70. The maximum Gasteiger partial charge on any atom is 0.336 e. The second-order valence-electron chi connectivity index (χ2n) is 7.26. The van der Waals surface area contributed by atoms with Crippen LogP contribution in [0, 0.1) is 16.0 Å². The molecule has 1 amide bonds. The number of hydrogen-bond acceptors (Lipinski definition) is 5. The van der Waals surface area contributed by atoms with Crippen molar-refractivity contribution in [2.75, 3.05) is 6.61 Å². The van der Waals surface area contributed by atoms with Gasteiger partial charge in [-0.1, -0.05) is 37.5 Å². The molecule has 27 heavy (non-hydrogen) atoms. The van der Waals surface area contributed by atoms with Gasteiger partial charge in [0.2, 0.25) is 5.91 Å². The molecule has 1 atom stereocenters. The lowest BCUT2D eigenvalue weighted by atomic mass is 9.83. The van der Waals surface area contributed by atoms with Crippen LogP contribution >= 0.6 is 0 Å². The molecule has 1 fully saturated rings. The number of para-hydroxylation sites is 1. The summed E-state index contributed by atoms with van der Waals surface area (Å²) in [6.45, 7) is 1.99. The summed E-state index contributed by atoms with van der Waals surface area (Å²) in [5, 5.41) is 14.1. The van der Waals surface area contributed by atoms with E-state index in [0.29, 0.717) is 29.4 Å². The van der Waals surface area contributed by atoms with Crippen LogP contribution in [0.25, 0.3) is 0 Å². The van der Waals surface area contributed by atoms with Crippen molar-refractivity contribution in [1.82, 2.24) is 5.32 Å². The molecule has 1 heterocycles. The third-order valence-corrected chi connectivity index (χ3v) is 5.37. The third kappa shape index (κ3) is 4.35. The first-order chi connectivity index (χ1) is 13.0. The minimum atomic E-state index is -0.681. The average Bonchev–Trinajstić information content (AvgIpc) is 2.66. The zero-order valence-corrected chi connectivity index (χ0v) is 15.4. The molecule has 0 spiro atoms. The predicted octanol–water partition coefficient (Wildman–Crippen LogP) is 3.60. The smallest absolute Gasteiger partial charge is 0.336 e. The van der Waals surface area contributed by atoms with Crippen molar-refractivity contribution in [3.63, 3.8) is 0 Å². The van der Waals surface area contributed by atoms with Crippen molar-refractivity contribution in [1.29, 1.82) is 0 Å². The van der Waals surface area contributed by atoms with Gasteiger partial charge in [0.1, 0.15) is 0 Å². The summed E-state index contributed by atoms with van der Waals surface area (Å²) in [5.74, 6) is -1.08.